The zero-order valence-electron chi connectivity index (χ0n) is 33.1. The van der Waals surface area contributed by atoms with Crippen LogP contribution in [0, 0.1) is 0 Å². The van der Waals surface area contributed by atoms with Crippen molar-refractivity contribution in [3.05, 3.63) is 204 Å². The van der Waals surface area contributed by atoms with Crippen molar-refractivity contribution in [3.63, 3.8) is 0 Å². The summed E-state index contributed by atoms with van der Waals surface area (Å²) in [6.07, 6.45) is 7.43. The maximum absolute atomic E-state index is 13.3. The fourth-order valence-corrected chi connectivity index (χ4v) is 7.67. The number of furan rings is 1. The number of phenolic OH excluding ortho intramolecular Hbond substituents is 2. The maximum atomic E-state index is 13.3. The minimum atomic E-state index is -0.425. The molecule has 0 spiro atoms. The van der Waals surface area contributed by atoms with Crippen molar-refractivity contribution in [1.29, 1.82) is 0 Å². The molecule has 11 nitrogen and oxygen atoms in total. The van der Waals surface area contributed by atoms with Gasteiger partial charge in [0.1, 0.15) is 52.4 Å². The Kier molecular flexibility index (Phi) is 10.8. The van der Waals surface area contributed by atoms with E-state index in [4.69, 9.17) is 14.4 Å². The molecule has 0 aliphatic carbocycles. The highest BCUT2D eigenvalue weighted by Crippen LogP contribution is 2.28. The second kappa shape index (κ2) is 17.1. The molecular weight excluding hydrogens is 765 g/mol. The lowest BCUT2D eigenvalue weighted by atomic mass is 10.1. The Bertz CT molecular complexity index is 2800. The lowest BCUT2D eigenvalue weighted by molar-refractivity contribution is -0.553. The van der Waals surface area contributed by atoms with Gasteiger partial charge < -0.3 is 14.6 Å². The molecule has 0 fully saturated rings. The van der Waals surface area contributed by atoms with Crippen LogP contribution < -0.4 is 19.8 Å². The molecule has 4 N–H and O–H groups in total. The van der Waals surface area contributed by atoms with E-state index in [1.165, 1.54) is 0 Å². The Morgan fingerprint density at radius 3 is 1.46 bits per heavy atom. The van der Waals surface area contributed by atoms with E-state index in [-0.39, 0.29) is 29.4 Å². The van der Waals surface area contributed by atoms with Crippen LogP contribution in [0.3, 0.4) is 0 Å². The number of benzene rings is 5. The summed E-state index contributed by atoms with van der Waals surface area (Å²) < 4.78 is 8.81. The molecule has 11 heteroatoms. The van der Waals surface area contributed by atoms with Crippen molar-refractivity contribution >= 4 is 23.5 Å². The standard InChI is InChI=1S/C26H21N3O3.C24H19N3O2/c30-20-10-6-18(7-11-20)15-23-26(32)29-16-24(19-8-12-21(31)13-9-19)27-22(25(29)28-23)14-17-4-2-1-3-5-17;28-24-21(15-19-12-7-13-29-19)26-23-20(14-17-8-3-1-4-9-17)25-22(16-27(23)24)18-10-5-2-6-11-18/h1-13,16,23,30-31H,14-15H2;1-13,16,21H,14-15H2/p+2. The summed E-state index contributed by atoms with van der Waals surface area (Å²) in [5, 5.41) is 25.9. The number of hydrogen-bond donors (Lipinski definition) is 4. The fraction of sp³-hybridized carbons (Fsp3) is 0.120. The Balaban J connectivity index is 0.000000157. The minimum Gasteiger partial charge on any atom is -0.508 e. The van der Waals surface area contributed by atoms with Gasteiger partial charge in [-0.25, -0.2) is 19.6 Å². The second-order valence-corrected chi connectivity index (χ2v) is 15.0. The molecule has 2 aliphatic heterocycles. The Hall–Kier alpha value is -7.92. The zero-order chi connectivity index (χ0) is 41.7. The quantitative estimate of drug-likeness (QED) is 0.103. The van der Waals surface area contributed by atoms with E-state index in [1.54, 1.807) is 58.0 Å². The molecule has 61 heavy (non-hydrogen) atoms. The molecule has 0 saturated heterocycles. The van der Waals surface area contributed by atoms with Crippen LogP contribution in [0.15, 0.2) is 175 Å². The third-order valence-electron chi connectivity index (χ3n) is 10.8. The molecule has 300 valence electrons. The number of carbonyl (C=O) groups is 2. The number of fused-ring (bicyclic) bond motifs is 2. The number of nitrogens with zero attached hydrogens (tertiary/aromatic N) is 4. The average molecular weight is 807 g/mol. The van der Waals surface area contributed by atoms with Crippen molar-refractivity contribution in [2.45, 2.75) is 37.8 Å². The monoisotopic (exact) mass is 806 g/mol. The highest BCUT2D eigenvalue weighted by molar-refractivity contribution is 5.83. The Morgan fingerprint density at radius 2 is 0.967 bits per heavy atom. The number of carbonyl (C=O) groups excluding carboxylic acids is 2. The van der Waals surface area contributed by atoms with Gasteiger partial charge in [0, 0.05) is 30.4 Å². The third kappa shape index (κ3) is 8.62. The molecule has 0 radical (unpaired) electrons. The van der Waals surface area contributed by atoms with Gasteiger partial charge in [-0.05, 0) is 65.2 Å². The number of rotatable bonds is 10. The number of aromatic hydroxyl groups is 2. The number of phenols is 2. The van der Waals surface area contributed by atoms with Gasteiger partial charge in [0.2, 0.25) is 6.04 Å². The molecule has 2 atom stereocenters. The van der Waals surface area contributed by atoms with Crippen LogP contribution in [0.1, 0.15) is 43.4 Å². The Labute approximate surface area is 352 Å². The smallest absolute Gasteiger partial charge is 0.359 e. The third-order valence-corrected chi connectivity index (χ3v) is 10.8. The summed E-state index contributed by atoms with van der Waals surface area (Å²) in [7, 11) is 0. The van der Waals surface area contributed by atoms with E-state index < -0.39 is 6.04 Å². The second-order valence-electron chi connectivity index (χ2n) is 15.0. The van der Waals surface area contributed by atoms with Crippen LogP contribution in [0.4, 0.5) is 11.6 Å². The average Bonchev–Trinajstić information content (AvgIpc) is 4.01. The van der Waals surface area contributed by atoms with Gasteiger partial charge in [0.25, 0.3) is 0 Å². The molecular formula is C50H42N6O5+2. The first-order valence-electron chi connectivity index (χ1n) is 20.1. The molecule has 0 saturated carbocycles. The summed E-state index contributed by atoms with van der Waals surface area (Å²) in [6.45, 7) is 0. The largest absolute Gasteiger partial charge is 0.508 e. The lowest BCUT2D eigenvalue weighted by Gasteiger charge is -2.07. The van der Waals surface area contributed by atoms with Crippen LogP contribution in [-0.4, -0.2) is 44.1 Å². The van der Waals surface area contributed by atoms with E-state index in [2.05, 4.69) is 22.8 Å². The number of aromatic nitrogens is 4. The van der Waals surface area contributed by atoms with E-state index >= 15 is 0 Å². The van der Waals surface area contributed by atoms with E-state index in [9.17, 15) is 19.8 Å². The van der Waals surface area contributed by atoms with E-state index in [0.717, 1.165) is 56.5 Å². The van der Waals surface area contributed by atoms with Crippen LogP contribution >= 0.6 is 0 Å². The molecule has 0 amide bonds. The molecule has 8 aromatic rings. The number of hydrogen-bond acceptors (Lipinski definition) is 9. The molecule has 5 heterocycles. The van der Waals surface area contributed by atoms with Crippen LogP contribution in [0.2, 0.25) is 0 Å². The summed E-state index contributed by atoms with van der Waals surface area (Å²) in [6, 6.07) is 46.8. The first-order chi connectivity index (χ1) is 29.8. The molecule has 3 aromatic heterocycles. The van der Waals surface area contributed by atoms with Gasteiger partial charge in [0.05, 0.1) is 12.7 Å². The first kappa shape index (κ1) is 38.6. The predicted molar refractivity (Wildman–Crippen MR) is 230 cm³/mol. The van der Waals surface area contributed by atoms with Crippen LogP contribution in [0.25, 0.3) is 22.5 Å². The predicted octanol–water partition coefficient (Wildman–Crippen LogP) is 7.61. The normalized spacial score (nSPS) is 15.0. The fourth-order valence-electron chi connectivity index (χ4n) is 7.67. The SMILES string of the molecule is O=C1C(Cc2ccc(O)cc2)Nc2c(Cc3ccccc3)nc(-c3ccc(O)cc3)c[n+]21.O=C1C(Cc2ccco2)Nc2c(Cc3ccccc3)nc(-c3ccccc3)c[n+]21. The topological polar surface area (TPSA) is 145 Å². The summed E-state index contributed by atoms with van der Waals surface area (Å²) in [5.41, 5.74) is 8.10. The first-order valence-corrected chi connectivity index (χ1v) is 20.1. The molecule has 2 unspecified atom stereocenters. The van der Waals surface area contributed by atoms with Crippen molar-refractivity contribution < 1.29 is 33.4 Å². The highest BCUT2D eigenvalue weighted by Gasteiger charge is 2.42. The summed E-state index contributed by atoms with van der Waals surface area (Å²) >= 11 is 0. The van der Waals surface area contributed by atoms with Gasteiger partial charge in [0.15, 0.2) is 6.04 Å². The van der Waals surface area contributed by atoms with Gasteiger partial charge in [-0.3, -0.25) is 10.6 Å². The number of nitrogens with one attached hydrogen (secondary N) is 2. The van der Waals surface area contributed by atoms with Gasteiger partial charge in [-0.15, -0.1) is 0 Å². The maximum Gasteiger partial charge on any atom is 0.359 e. The highest BCUT2D eigenvalue weighted by atomic mass is 16.3. The molecule has 10 rings (SSSR count). The summed E-state index contributed by atoms with van der Waals surface area (Å²) in [4.78, 5) is 36.2. The zero-order valence-corrected chi connectivity index (χ0v) is 33.1. The number of anilines is 2. The van der Waals surface area contributed by atoms with Gasteiger partial charge in [-0.2, -0.15) is 9.13 Å². The molecule has 2 aliphatic rings. The van der Waals surface area contributed by atoms with Crippen molar-refractivity contribution in [2.75, 3.05) is 10.6 Å². The van der Waals surface area contributed by atoms with E-state index in [1.807, 2.05) is 109 Å². The van der Waals surface area contributed by atoms with Crippen molar-refractivity contribution in [3.8, 4) is 34.0 Å². The molecule has 5 aromatic carbocycles. The minimum absolute atomic E-state index is 0.00490. The van der Waals surface area contributed by atoms with E-state index in [0.29, 0.717) is 37.2 Å². The van der Waals surface area contributed by atoms with Gasteiger partial charge >= 0.3 is 23.5 Å². The summed E-state index contributed by atoms with van der Waals surface area (Å²) in [5.74, 6) is 2.57. The van der Waals surface area contributed by atoms with Crippen LogP contribution in [0.5, 0.6) is 11.5 Å². The van der Waals surface area contributed by atoms with Crippen molar-refractivity contribution in [2.24, 2.45) is 0 Å². The lowest BCUT2D eigenvalue weighted by Crippen LogP contribution is -2.44. The Morgan fingerprint density at radius 1 is 0.508 bits per heavy atom. The molecule has 0 bridgehead atoms. The van der Waals surface area contributed by atoms with Gasteiger partial charge in [-0.1, -0.05) is 103 Å². The van der Waals surface area contributed by atoms with Crippen molar-refractivity contribution in [1.82, 2.24) is 9.97 Å². The van der Waals surface area contributed by atoms with Crippen LogP contribution in [-0.2, 0) is 25.7 Å².